The molecule has 0 aromatic carbocycles. The van der Waals surface area contributed by atoms with Crippen molar-refractivity contribution in [3.05, 3.63) is 0 Å². The molecule has 1 saturated heterocycles. The molecule has 2 aliphatic rings. The van der Waals surface area contributed by atoms with Gasteiger partial charge < -0.3 is 10.4 Å². The van der Waals surface area contributed by atoms with Gasteiger partial charge in [-0.15, -0.1) is 0 Å². The van der Waals surface area contributed by atoms with Crippen molar-refractivity contribution in [2.45, 2.75) is 71.4 Å². The second-order valence-electron chi connectivity index (χ2n) is 7.90. The molecular formula is C17H32N2O2. The molecule has 0 spiro atoms. The molecule has 122 valence electrons. The minimum Gasteiger partial charge on any atom is -0.391 e. The van der Waals surface area contributed by atoms with E-state index in [0.717, 1.165) is 19.5 Å². The first-order valence-electron chi connectivity index (χ1n) is 8.58. The number of hydrogen-bond acceptors (Lipinski definition) is 3. The topological polar surface area (TPSA) is 52.6 Å². The van der Waals surface area contributed by atoms with E-state index in [1.807, 2.05) is 20.8 Å². The molecular weight excluding hydrogens is 264 g/mol. The highest BCUT2D eigenvalue weighted by atomic mass is 16.3. The van der Waals surface area contributed by atoms with Crippen molar-refractivity contribution in [3.63, 3.8) is 0 Å². The molecule has 0 aromatic rings. The van der Waals surface area contributed by atoms with Crippen molar-refractivity contribution in [2.24, 2.45) is 11.3 Å². The average Bonchev–Trinajstić information content (AvgIpc) is 2.94. The summed E-state index contributed by atoms with van der Waals surface area (Å²) in [5.74, 6) is 0.232. The van der Waals surface area contributed by atoms with Crippen LogP contribution in [0.4, 0.5) is 0 Å². The average molecular weight is 296 g/mol. The maximum absolute atomic E-state index is 12.3. The smallest absolute Gasteiger partial charge is 0.224 e. The SMILES string of the molecule is CC(C)(C)C(O)CNC(=O)C1CCN(C2CCCCC2)C1. The summed E-state index contributed by atoms with van der Waals surface area (Å²) in [4.78, 5) is 14.8. The lowest BCUT2D eigenvalue weighted by atomic mass is 9.89. The van der Waals surface area contributed by atoms with Crippen LogP contribution in [0.3, 0.4) is 0 Å². The lowest BCUT2D eigenvalue weighted by Crippen LogP contribution is -2.42. The van der Waals surface area contributed by atoms with E-state index in [-0.39, 0.29) is 17.2 Å². The fraction of sp³-hybridized carbons (Fsp3) is 0.941. The molecule has 2 unspecified atom stereocenters. The number of carbonyl (C=O) groups is 1. The van der Waals surface area contributed by atoms with Crippen molar-refractivity contribution in [1.82, 2.24) is 10.2 Å². The minimum atomic E-state index is -0.489. The van der Waals surface area contributed by atoms with Gasteiger partial charge >= 0.3 is 0 Å². The molecule has 0 bridgehead atoms. The maximum Gasteiger partial charge on any atom is 0.224 e. The largest absolute Gasteiger partial charge is 0.391 e. The normalized spacial score (nSPS) is 26.8. The van der Waals surface area contributed by atoms with Gasteiger partial charge in [0.25, 0.3) is 0 Å². The summed E-state index contributed by atoms with van der Waals surface area (Å²) < 4.78 is 0. The van der Waals surface area contributed by atoms with E-state index in [1.165, 1.54) is 32.1 Å². The van der Waals surface area contributed by atoms with Crippen molar-refractivity contribution >= 4 is 5.91 Å². The molecule has 2 N–H and O–H groups in total. The van der Waals surface area contributed by atoms with E-state index < -0.39 is 6.10 Å². The monoisotopic (exact) mass is 296 g/mol. The molecule has 1 aliphatic carbocycles. The van der Waals surface area contributed by atoms with Crippen molar-refractivity contribution in [2.75, 3.05) is 19.6 Å². The number of nitrogens with one attached hydrogen (secondary N) is 1. The van der Waals surface area contributed by atoms with Crippen LogP contribution in [0.25, 0.3) is 0 Å². The highest BCUT2D eigenvalue weighted by Gasteiger charge is 2.33. The highest BCUT2D eigenvalue weighted by molar-refractivity contribution is 5.79. The number of hydrogen-bond donors (Lipinski definition) is 2. The lowest BCUT2D eigenvalue weighted by Gasteiger charge is -2.31. The first kappa shape index (κ1) is 16.8. The third-order valence-corrected chi connectivity index (χ3v) is 5.15. The number of aliphatic hydroxyl groups is 1. The Morgan fingerprint density at radius 2 is 1.90 bits per heavy atom. The highest BCUT2D eigenvalue weighted by Crippen LogP contribution is 2.27. The number of amides is 1. The Balaban J connectivity index is 1.74. The van der Waals surface area contributed by atoms with Gasteiger partial charge in [-0.3, -0.25) is 9.69 Å². The molecule has 2 atom stereocenters. The predicted molar refractivity (Wildman–Crippen MR) is 85.0 cm³/mol. The quantitative estimate of drug-likeness (QED) is 0.836. The van der Waals surface area contributed by atoms with Crippen LogP contribution in [0.5, 0.6) is 0 Å². The van der Waals surface area contributed by atoms with Gasteiger partial charge in [-0.25, -0.2) is 0 Å². The van der Waals surface area contributed by atoms with Crippen molar-refractivity contribution in [1.29, 1.82) is 0 Å². The Morgan fingerprint density at radius 3 is 2.52 bits per heavy atom. The van der Waals surface area contributed by atoms with E-state index >= 15 is 0 Å². The minimum absolute atomic E-state index is 0.110. The summed E-state index contributed by atoms with van der Waals surface area (Å²) in [6.45, 7) is 8.30. The van der Waals surface area contributed by atoms with Gasteiger partial charge in [0.05, 0.1) is 12.0 Å². The maximum atomic E-state index is 12.3. The van der Waals surface area contributed by atoms with Crippen LogP contribution >= 0.6 is 0 Å². The zero-order valence-corrected chi connectivity index (χ0v) is 13.9. The Bertz CT molecular complexity index is 345. The van der Waals surface area contributed by atoms with Gasteiger partial charge in [0, 0.05) is 19.1 Å². The predicted octanol–water partition coefficient (Wildman–Crippen LogP) is 2.16. The molecule has 1 heterocycles. The Morgan fingerprint density at radius 1 is 1.24 bits per heavy atom. The van der Waals surface area contributed by atoms with Gasteiger partial charge in [0.15, 0.2) is 0 Å². The Kier molecular flexibility index (Phi) is 5.67. The summed E-state index contributed by atoms with van der Waals surface area (Å²) in [6, 6.07) is 0.705. The summed E-state index contributed by atoms with van der Waals surface area (Å²) in [6.07, 6.45) is 7.14. The summed E-state index contributed by atoms with van der Waals surface area (Å²) >= 11 is 0. The lowest BCUT2D eigenvalue weighted by molar-refractivity contribution is -0.125. The number of carbonyl (C=O) groups excluding carboxylic acids is 1. The molecule has 21 heavy (non-hydrogen) atoms. The van der Waals surface area contributed by atoms with Crippen LogP contribution in [-0.4, -0.2) is 47.7 Å². The van der Waals surface area contributed by atoms with Gasteiger partial charge in [-0.2, -0.15) is 0 Å². The summed E-state index contributed by atoms with van der Waals surface area (Å²) in [7, 11) is 0. The van der Waals surface area contributed by atoms with Crippen LogP contribution in [0.2, 0.25) is 0 Å². The third-order valence-electron chi connectivity index (χ3n) is 5.15. The van der Waals surface area contributed by atoms with E-state index in [9.17, 15) is 9.90 Å². The van der Waals surface area contributed by atoms with Gasteiger partial charge in [0.1, 0.15) is 0 Å². The molecule has 1 amide bonds. The standard InChI is InChI=1S/C17H32N2O2/c1-17(2,3)15(20)11-18-16(21)13-9-10-19(12-13)14-7-5-4-6-8-14/h13-15,20H,4-12H2,1-3H3,(H,18,21). The van der Waals surface area contributed by atoms with Crippen molar-refractivity contribution in [3.8, 4) is 0 Å². The van der Waals surface area contributed by atoms with Gasteiger partial charge in [0.2, 0.25) is 5.91 Å². The summed E-state index contributed by atoms with van der Waals surface area (Å²) in [5.41, 5.74) is -0.183. The van der Waals surface area contributed by atoms with E-state index in [0.29, 0.717) is 12.6 Å². The second-order valence-corrected chi connectivity index (χ2v) is 7.90. The fourth-order valence-corrected chi connectivity index (χ4v) is 3.43. The molecule has 4 nitrogen and oxygen atoms in total. The molecule has 2 fully saturated rings. The molecule has 0 radical (unpaired) electrons. The molecule has 1 aliphatic heterocycles. The van der Waals surface area contributed by atoms with Crippen LogP contribution in [0, 0.1) is 11.3 Å². The number of aliphatic hydroxyl groups excluding tert-OH is 1. The van der Waals surface area contributed by atoms with Crippen LogP contribution < -0.4 is 5.32 Å². The van der Waals surface area contributed by atoms with Gasteiger partial charge in [-0.05, 0) is 31.2 Å². The fourth-order valence-electron chi connectivity index (χ4n) is 3.43. The van der Waals surface area contributed by atoms with Crippen LogP contribution in [0.1, 0.15) is 59.3 Å². The zero-order valence-electron chi connectivity index (χ0n) is 13.9. The zero-order chi connectivity index (χ0) is 15.5. The first-order chi connectivity index (χ1) is 9.88. The number of rotatable bonds is 4. The third kappa shape index (κ3) is 4.68. The Hall–Kier alpha value is -0.610. The summed E-state index contributed by atoms with van der Waals surface area (Å²) in [5, 5.41) is 12.9. The molecule has 0 aromatic heterocycles. The number of nitrogens with zero attached hydrogens (tertiary/aromatic N) is 1. The molecule has 4 heteroatoms. The van der Waals surface area contributed by atoms with Gasteiger partial charge in [-0.1, -0.05) is 40.0 Å². The van der Waals surface area contributed by atoms with E-state index in [4.69, 9.17) is 0 Å². The van der Waals surface area contributed by atoms with Crippen LogP contribution in [0.15, 0.2) is 0 Å². The van der Waals surface area contributed by atoms with E-state index in [2.05, 4.69) is 10.2 Å². The Labute approximate surface area is 129 Å². The number of likely N-dealkylation sites (tertiary alicyclic amines) is 1. The van der Waals surface area contributed by atoms with Crippen molar-refractivity contribution < 1.29 is 9.90 Å². The van der Waals surface area contributed by atoms with Crippen LogP contribution in [-0.2, 0) is 4.79 Å². The second kappa shape index (κ2) is 7.10. The molecule has 1 saturated carbocycles. The van der Waals surface area contributed by atoms with E-state index in [1.54, 1.807) is 0 Å². The first-order valence-corrected chi connectivity index (χ1v) is 8.58. The molecule has 2 rings (SSSR count).